The largest absolute Gasteiger partial charge is 0.394 e. The lowest BCUT2D eigenvalue weighted by Crippen LogP contribution is -2.37. The number of carbonyl (C=O) groups excluding carboxylic acids is 1. The molecule has 1 heterocycles. The average molecular weight is 239 g/mol. The minimum atomic E-state index is -0.371. The van der Waals surface area contributed by atoms with Crippen molar-refractivity contribution in [3.05, 3.63) is 5.69 Å². The third-order valence-electron chi connectivity index (χ3n) is 2.47. The molecule has 0 aliphatic heterocycles. The lowest BCUT2D eigenvalue weighted by Gasteiger charge is -2.25. The van der Waals surface area contributed by atoms with E-state index in [4.69, 9.17) is 11.5 Å². The molecule has 0 aromatic carbocycles. The van der Waals surface area contributed by atoms with Gasteiger partial charge in [0.2, 0.25) is 5.91 Å². The van der Waals surface area contributed by atoms with Crippen LogP contribution in [0.1, 0.15) is 19.5 Å². The highest BCUT2D eigenvalue weighted by atomic mass is 16.1. The maximum absolute atomic E-state index is 11.1. The van der Waals surface area contributed by atoms with Crippen molar-refractivity contribution >= 4 is 17.4 Å². The fourth-order valence-corrected chi connectivity index (χ4v) is 1.89. The Bertz CT molecular complexity index is 410. The second-order valence-electron chi connectivity index (χ2n) is 4.69. The maximum atomic E-state index is 11.1. The van der Waals surface area contributed by atoms with Gasteiger partial charge in [-0.1, -0.05) is 13.8 Å². The van der Waals surface area contributed by atoms with Gasteiger partial charge in [0.05, 0.1) is 17.9 Å². The van der Waals surface area contributed by atoms with Crippen molar-refractivity contribution in [2.75, 3.05) is 23.7 Å². The van der Waals surface area contributed by atoms with E-state index < -0.39 is 0 Å². The molecule has 1 aromatic heterocycles. The number of hydrogen-bond acceptors (Lipinski definition) is 4. The molecule has 96 valence electrons. The summed E-state index contributed by atoms with van der Waals surface area (Å²) in [6.07, 6.45) is 0. The van der Waals surface area contributed by atoms with E-state index in [2.05, 4.69) is 18.9 Å². The molecule has 0 fully saturated rings. The van der Waals surface area contributed by atoms with Crippen LogP contribution < -0.4 is 16.4 Å². The molecule has 4 N–H and O–H groups in total. The van der Waals surface area contributed by atoms with Crippen molar-refractivity contribution in [1.29, 1.82) is 0 Å². The van der Waals surface area contributed by atoms with Crippen molar-refractivity contribution in [2.24, 2.45) is 18.7 Å². The number of rotatable bonds is 5. The van der Waals surface area contributed by atoms with Crippen LogP contribution in [0.5, 0.6) is 0 Å². The monoisotopic (exact) mass is 239 g/mol. The number of aromatic nitrogens is 2. The molecule has 6 heteroatoms. The number of nitrogen functional groups attached to an aromatic ring is 1. The molecule has 1 rings (SSSR count). The Balaban J connectivity index is 3.07. The first-order valence-corrected chi connectivity index (χ1v) is 5.65. The highest BCUT2D eigenvalue weighted by Gasteiger charge is 2.19. The van der Waals surface area contributed by atoms with Gasteiger partial charge >= 0.3 is 0 Å². The standard InChI is InChI=1S/C11H21N5O/c1-7(2)5-16(6-9(12)17)11-10(13)8(3)14-15(11)4/h7H,5-6,13H2,1-4H3,(H2,12,17). The molecule has 0 spiro atoms. The highest BCUT2D eigenvalue weighted by Crippen LogP contribution is 2.25. The molecule has 0 unspecified atom stereocenters. The van der Waals surface area contributed by atoms with E-state index in [-0.39, 0.29) is 12.5 Å². The lowest BCUT2D eigenvalue weighted by molar-refractivity contribution is -0.116. The van der Waals surface area contributed by atoms with Crippen molar-refractivity contribution in [2.45, 2.75) is 20.8 Å². The van der Waals surface area contributed by atoms with Gasteiger partial charge < -0.3 is 16.4 Å². The summed E-state index contributed by atoms with van der Waals surface area (Å²) < 4.78 is 1.69. The summed E-state index contributed by atoms with van der Waals surface area (Å²) in [7, 11) is 1.81. The average Bonchev–Trinajstić information content (AvgIpc) is 2.38. The molecule has 1 aromatic rings. The lowest BCUT2D eigenvalue weighted by atomic mass is 10.2. The third-order valence-corrected chi connectivity index (χ3v) is 2.47. The molecule has 0 aliphatic carbocycles. The SMILES string of the molecule is Cc1nn(C)c(N(CC(N)=O)CC(C)C)c1N. The van der Waals surface area contributed by atoms with E-state index in [9.17, 15) is 4.79 Å². The number of nitrogens with zero attached hydrogens (tertiary/aromatic N) is 3. The second-order valence-corrected chi connectivity index (χ2v) is 4.69. The van der Waals surface area contributed by atoms with Gasteiger partial charge in [0.25, 0.3) is 0 Å². The molecule has 0 atom stereocenters. The zero-order valence-electron chi connectivity index (χ0n) is 10.9. The molecule has 0 bridgehead atoms. The van der Waals surface area contributed by atoms with Gasteiger partial charge in [0.1, 0.15) is 0 Å². The zero-order valence-corrected chi connectivity index (χ0v) is 10.9. The van der Waals surface area contributed by atoms with Gasteiger partial charge in [0.15, 0.2) is 5.82 Å². The minimum absolute atomic E-state index is 0.154. The summed E-state index contributed by atoms with van der Waals surface area (Å²) in [5, 5.41) is 4.24. The number of carbonyl (C=O) groups is 1. The summed E-state index contributed by atoms with van der Waals surface area (Å²) in [6.45, 7) is 6.87. The summed E-state index contributed by atoms with van der Waals surface area (Å²) >= 11 is 0. The highest BCUT2D eigenvalue weighted by molar-refractivity contribution is 5.81. The fraction of sp³-hybridized carbons (Fsp3) is 0.636. The van der Waals surface area contributed by atoms with E-state index in [1.54, 1.807) is 4.68 Å². The molecular formula is C11H21N5O. The molecule has 6 nitrogen and oxygen atoms in total. The first-order chi connectivity index (χ1) is 7.82. The molecule has 0 saturated carbocycles. The Kier molecular flexibility index (Phi) is 3.98. The quantitative estimate of drug-likeness (QED) is 0.771. The fourth-order valence-electron chi connectivity index (χ4n) is 1.89. The van der Waals surface area contributed by atoms with Crippen LogP contribution in [0.3, 0.4) is 0 Å². The first kappa shape index (κ1) is 13.3. The van der Waals surface area contributed by atoms with Gasteiger partial charge in [-0.3, -0.25) is 9.48 Å². The number of primary amides is 1. The topological polar surface area (TPSA) is 90.2 Å². The van der Waals surface area contributed by atoms with Crippen LogP contribution in [0.4, 0.5) is 11.5 Å². The predicted molar refractivity (Wildman–Crippen MR) is 68.6 cm³/mol. The number of hydrogen-bond donors (Lipinski definition) is 2. The Hall–Kier alpha value is -1.72. The number of nitrogens with two attached hydrogens (primary N) is 2. The Labute approximate surface area is 102 Å². The number of aryl methyl sites for hydroxylation is 2. The summed E-state index contributed by atoms with van der Waals surface area (Å²) in [5.41, 5.74) is 12.6. The van der Waals surface area contributed by atoms with Crippen LogP contribution in [0.25, 0.3) is 0 Å². The molecule has 0 aliphatic rings. The Morgan fingerprint density at radius 3 is 2.47 bits per heavy atom. The van der Waals surface area contributed by atoms with Crippen LogP contribution in [0, 0.1) is 12.8 Å². The smallest absolute Gasteiger partial charge is 0.236 e. The van der Waals surface area contributed by atoms with Crippen LogP contribution in [-0.2, 0) is 11.8 Å². The van der Waals surface area contributed by atoms with E-state index in [1.165, 1.54) is 0 Å². The molecule has 1 amide bonds. The van der Waals surface area contributed by atoms with E-state index in [1.807, 2.05) is 18.9 Å². The molecular weight excluding hydrogens is 218 g/mol. The van der Waals surface area contributed by atoms with Gasteiger partial charge in [-0.15, -0.1) is 0 Å². The minimum Gasteiger partial charge on any atom is -0.394 e. The van der Waals surface area contributed by atoms with Gasteiger partial charge in [-0.25, -0.2) is 0 Å². The third kappa shape index (κ3) is 3.12. The van der Waals surface area contributed by atoms with E-state index >= 15 is 0 Å². The molecule has 0 saturated heterocycles. The maximum Gasteiger partial charge on any atom is 0.236 e. The van der Waals surface area contributed by atoms with Crippen LogP contribution >= 0.6 is 0 Å². The van der Waals surface area contributed by atoms with Crippen molar-refractivity contribution in [3.63, 3.8) is 0 Å². The summed E-state index contributed by atoms with van der Waals surface area (Å²) in [4.78, 5) is 13.0. The van der Waals surface area contributed by atoms with Crippen molar-refractivity contribution in [3.8, 4) is 0 Å². The molecule has 0 radical (unpaired) electrons. The normalized spacial score (nSPS) is 10.9. The number of amides is 1. The van der Waals surface area contributed by atoms with Crippen LogP contribution in [0.2, 0.25) is 0 Å². The zero-order chi connectivity index (χ0) is 13.2. The van der Waals surface area contributed by atoms with Crippen molar-refractivity contribution in [1.82, 2.24) is 9.78 Å². The number of anilines is 2. The summed E-state index contributed by atoms with van der Waals surface area (Å²) in [6, 6.07) is 0. The predicted octanol–water partition coefficient (Wildman–Crippen LogP) is 0.258. The van der Waals surface area contributed by atoms with Gasteiger partial charge in [0, 0.05) is 13.6 Å². The van der Waals surface area contributed by atoms with Crippen LogP contribution in [-0.4, -0.2) is 28.8 Å². The van der Waals surface area contributed by atoms with E-state index in [0.29, 0.717) is 18.2 Å². The van der Waals surface area contributed by atoms with Gasteiger partial charge in [-0.2, -0.15) is 5.10 Å². The molecule has 17 heavy (non-hydrogen) atoms. The Morgan fingerprint density at radius 2 is 2.12 bits per heavy atom. The Morgan fingerprint density at radius 1 is 1.53 bits per heavy atom. The van der Waals surface area contributed by atoms with Gasteiger partial charge in [-0.05, 0) is 12.8 Å². The summed E-state index contributed by atoms with van der Waals surface area (Å²) in [5.74, 6) is 0.794. The van der Waals surface area contributed by atoms with E-state index in [0.717, 1.165) is 11.5 Å². The van der Waals surface area contributed by atoms with Crippen LogP contribution in [0.15, 0.2) is 0 Å². The second kappa shape index (κ2) is 5.07. The van der Waals surface area contributed by atoms with Crippen molar-refractivity contribution < 1.29 is 4.79 Å². The first-order valence-electron chi connectivity index (χ1n) is 5.65.